The quantitative estimate of drug-likeness (QED) is 0.468. The molecule has 0 N–H and O–H groups in total. The molecule has 6 heteroatoms. The summed E-state index contributed by atoms with van der Waals surface area (Å²) in [5.74, 6) is -0.140. The van der Waals surface area contributed by atoms with Crippen LogP contribution < -0.4 is 5.79 Å². The summed E-state index contributed by atoms with van der Waals surface area (Å²) in [5, 5.41) is 0. The number of hydrogen-bond donors (Lipinski definition) is 0. The minimum atomic E-state index is -2.37. The molecule has 0 unspecified atom stereocenters. The van der Waals surface area contributed by atoms with Gasteiger partial charge in [-0.2, -0.15) is 0 Å². The Morgan fingerprint density at radius 2 is 1.11 bits per heavy atom. The van der Waals surface area contributed by atoms with Crippen molar-refractivity contribution in [3.63, 3.8) is 0 Å². The van der Waals surface area contributed by atoms with Crippen molar-refractivity contribution in [2.45, 2.75) is 29.6 Å². The Labute approximate surface area is 127 Å². The van der Waals surface area contributed by atoms with E-state index in [0.29, 0.717) is 0 Å². The summed E-state index contributed by atoms with van der Waals surface area (Å²) in [6.07, 6.45) is 0. The van der Waals surface area contributed by atoms with E-state index in [1.807, 2.05) is 0 Å². The number of carbonyl (C=O) groups excluding carboxylic acids is 2. The molecule has 0 radical (unpaired) electrons. The van der Waals surface area contributed by atoms with E-state index in [-0.39, 0.29) is 11.8 Å². The molecule has 0 saturated carbocycles. The van der Waals surface area contributed by atoms with Gasteiger partial charge in [-0.25, -0.2) is 0 Å². The Balaban J connectivity index is 2.81. The Kier molecular flexibility index (Phi) is 3.94. The molecule has 3 nitrogen and oxygen atoms in total. The molecule has 0 aliphatic carbocycles. The van der Waals surface area contributed by atoms with Gasteiger partial charge in [0.05, 0.1) is 0 Å². The molecule has 2 rings (SSSR count). The summed E-state index contributed by atoms with van der Waals surface area (Å²) in [4.78, 5) is 40.0. The number of fused-ring (bicyclic) bond motifs is 1. The predicted octanol–water partition coefficient (Wildman–Crippen LogP) is 2.06. The maximum atomic E-state index is 12.4. The molecular weight excluding hydrogens is 472 g/mol. The summed E-state index contributed by atoms with van der Waals surface area (Å²) >= 11 is -2.93. The van der Waals surface area contributed by atoms with Gasteiger partial charge in [0, 0.05) is 0 Å². The summed E-state index contributed by atoms with van der Waals surface area (Å²) in [5.41, 5.74) is 1.56. The topological polar surface area (TPSA) is 37.4 Å². The molecule has 0 spiro atoms. The second-order valence-electron chi connectivity index (χ2n) is 7.18. The van der Waals surface area contributed by atoms with Crippen molar-refractivity contribution < 1.29 is 9.59 Å². The van der Waals surface area contributed by atoms with Gasteiger partial charge in [0.1, 0.15) is 0 Å². The van der Waals surface area contributed by atoms with Crippen molar-refractivity contribution in [1.82, 2.24) is 4.90 Å². The van der Waals surface area contributed by atoms with Crippen LogP contribution in [0.1, 0.15) is 20.7 Å². The summed E-state index contributed by atoms with van der Waals surface area (Å²) in [6.45, 7) is 0. The molecule has 1 aromatic rings. The van der Waals surface area contributed by atoms with Gasteiger partial charge in [0.15, 0.2) is 0 Å². The van der Waals surface area contributed by atoms with E-state index in [4.69, 9.17) is 0 Å². The average Bonchev–Trinajstić information content (AvgIpc) is 2.72. The van der Waals surface area contributed by atoms with Crippen molar-refractivity contribution in [2.24, 2.45) is 0 Å². The average molecular weight is 493 g/mol. The SMILES string of the molecule is CN1C(=O)c2[c]([Sn]([CH3])([CH3])[CH3])s[c]([Sn]([CH3])([CH3])[CH3])c2C1=O. The number of rotatable bonds is 2. The van der Waals surface area contributed by atoms with Crippen molar-refractivity contribution in [2.75, 3.05) is 7.05 Å². The molecule has 2 heterocycles. The molecule has 0 fully saturated rings. The van der Waals surface area contributed by atoms with Crippen LogP contribution in [0.25, 0.3) is 0 Å². The predicted molar refractivity (Wildman–Crippen MR) is 86.7 cm³/mol. The van der Waals surface area contributed by atoms with Crippen molar-refractivity contribution in [3.8, 4) is 0 Å². The number of carbonyl (C=O) groups is 2. The first-order valence-electron chi connectivity index (χ1n) is 6.46. The Morgan fingerprint density at radius 1 is 0.789 bits per heavy atom. The Bertz CT molecular complexity index is 530. The van der Waals surface area contributed by atoms with Crippen LogP contribution in [0.2, 0.25) is 29.6 Å². The maximum absolute atomic E-state index is 12.4. The molecule has 104 valence electrons. The van der Waals surface area contributed by atoms with E-state index in [1.165, 1.54) is 10.7 Å². The van der Waals surface area contributed by atoms with E-state index < -0.39 is 36.8 Å². The number of imide groups is 1. The molecule has 0 atom stereocenters. The van der Waals surface area contributed by atoms with Crippen LogP contribution in [-0.2, 0) is 0 Å². The standard InChI is InChI=1S/C7H3NO2S.6CH3.2Sn/c1-8-6(9)4-2-11-3-5(4)7(8)10;;;;;;;;/h1H3;6*1H3;;. The van der Waals surface area contributed by atoms with Crippen LogP contribution >= 0.6 is 11.3 Å². The van der Waals surface area contributed by atoms with Crippen LogP contribution in [-0.4, -0.2) is 60.5 Å². The van der Waals surface area contributed by atoms with Gasteiger partial charge in [-0.05, 0) is 0 Å². The van der Waals surface area contributed by atoms with Crippen LogP contribution in [0.3, 0.4) is 0 Å². The van der Waals surface area contributed by atoms with Crippen molar-refractivity contribution in [3.05, 3.63) is 11.1 Å². The Morgan fingerprint density at radius 3 is 1.37 bits per heavy atom. The van der Waals surface area contributed by atoms with Gasteiger partial charge in [0.2, 0.25) is 0 Å². The van der Waals surface area contributed by atoms with Crippen LogP contribution in [0.5, 0.6) is 0 Å². The fraction of sp³-hybridized carbons (Fsp3) is 0.538. The number of thiophene rings is 1. The molecule has 0 aromatic carbocycles. The van der Waals surface area contributed by atoms with E-state index in [1.54, 1.807) is 18.4 Å². The number of nitrogens with zero attached hydrogens (tertiary/aromatic N) is 1. The normalized spacial score (nSPS) is 16.3. The third-order valence-corrected chi connectivity index (χ3v) is 23.3. The minimum absolute atomic E-state index is 0.0698. The fourth-order valence-electron chi connectivity index (χ4n) is 2.32. The molecule has 1 aliphatic rings. The van der Waals surface area contributed by atoms with E-state index in [9.17, 15) is 9.59 Å². The second kappa shape index (κ2) is 4.73. The number of hydrogen-bond acceptors (Lipinski definition) is 3. The van der Waals surface area contributed by atoms with Crippen LogP contribution in [0.4, 0.5) is 0 Å². The van der Waals surface area contributed by atoms with Crippen molar-refractivity contribution in [1.29, 1.82) is 0 Å². The first-order chi connectivity index (χ1) is 8.46. The Hall–Kier alpha value is 0.437. The van der Waals surface area contributed by atoms with Gasteiger partial charge in [-0.15, -0.1) is 0 Å². The van der Waals surface area contributed by atoms with E-state index in [2.05, 4.69) is 29.6 Å². The zero-order valence-corrected chi connectivity index (χ0v) is 19.2. The summed E-state index contributed by atoms with van der Waals surface area (Å²) < 4.78 is 2.57. The molecule has 19 heavy (non-hydrogen) atoms. The van der Waals surface area contributed by atoms with Crippen molar-refractivity contribution >= 4 is 65.7 Å². The molecular formula is C13H21NO2SSn2. The third-order valence-electron chi connectivity index (χ3n) is 3.31. The van der Waals surface area contributed by atoms with E-state index >= 15 is 0 Å². The first-order valence-corrected chi connectivity index (χ1v) is 27.3. The van der Waals surface area contributed by atoms with Gasteiger partial charge in [-0.3, -0.25) is 0 Å². The zero-order chi connectivity index (χ0) is 14.7. The molecule has 1 aliphatic heterocycles. The first kappa shape index (κ1) is 15.8. The second-order valence-corrected chi connectivity index (χ2v) is 38.8. The van der Waals surface area contributed by atoms with Gasteiger partial charge >= 0.3 is 128 Å². The summed E-state index contributed by atoms with van der Waals surface area (Å²) in [6, 6.07) is 0. The van der Waals surface area contributed by atoms with Gasteiger partial charge in [-0.1, -0.05) is 0 Å². The molecule has 0 bridgehead atoms. The number of amides is 2. The third kappa shape index (κ3) is 2.52. The van der Waals surface area contributed by atoms with Crippen LogP contribution in [0.15, 0.2) is 0 Å². The monoisotopic (exact) mass is 495 g/mol. The van der Waals surface area contributed by atoms with E-state index in [0.717, 1.165) is 11.1 Å². The summed E-state index contributed by atoms with van der Waals surface area (Å²) in [7, 11) is 1.61. The molecule has 2 amide bonds. The van der Waals surface area contributed by atoms with Crippen LogP contribution in [0, 0.1) is 0 Å². The van der Waals surface area contributed by atoms with Gasteiger partial charge in [0.25, 0.3) is 0 Å². The fourth-order valence-corrected chi connectivity index (χ4v) is 18.8. The molecule has 0 saturated heterocycles. The molecule has 1 aromatic heterocycles. The zero-order valence-electron chi connectivity index (χ0n) is 12.7. The van der Waals surface area contributed by atoms with Gasteiger partial charge < -0.3 is 0 Å².